The second-order valence-electron chi connectivity index (χ2n) is 5.51. The van der Waals surface area contributed by atoms with E-state index in [0.29, 0.717) is 0 Å². The Kier molecular flexibility index (Phi) is 4.17. The molecule has 0 radical (unpaired) electrons. The Labute approximate surface area is 109 Å². The van der Waals surface area contributed by atoms with Crippen LogP contribution >= 0.6 is 0 Å². The van der Waals surface area contributed by atoms with Crippen LogP contribution in [0.1, 0.15) is 35.6 Å². The van der Waals surface area contributed by atoms with E-state index in [0.717, 1.165) is 16.7 Å². The molecule has 0 spiro atoms. The minimum absolute atomic E-state index is 0.102. The van der Waals surface area contributed by atoms with E-state index in [-0.39, 0.29) is 6.42 Å². The molecule has 1 unspecified atom stereocenters. The van der Waals surface area contributed by atoms with Crippen LogP contribution in [0.15, 0.2) is 12.1 Å². The Bertz CT molecular complexity index is 443. The first kappa shape index (κ1) is 14.7. The van der Waals surface area contributed by atoms with Gasteiger partial charge >= 0.3 is 5.97 Å². The summed E-state index contributed by atoms with van der Waals surface area (Å²) in [6.07, 6.45) is 0.102. The number of carboxylic acids is 1. The number of carboxylic acid groups (broad SMARTS) is 1. The van der Waals surface area contributed by atoms with Gasteiger partial charge in [0.05, 0.1) is 12.0 Å². The fourth-order valence-electron chi connectivity index (χ4n) is 2.79. The third kappa shape index (κ3) is 2.72. The molecule has 1 aromatic carbocycles. The van der Waals surface area contributed by atoms with Crippen molar-refractivity contribution in [3.8, 4) is 0 Å². The largest absolute Gasteiger partial charge is 0.481 e. The van der Waals surface area contributed by atoms with Gasteiger partial charge in [-0.15, -0.1) is 0 Å². The molecule has 0 fully saturated rings. The second-order valence-corrected chi connectivity index (χ2v) is 5.51. The van der Waals surface area contributed by atoms with Crippen LogP contribution in [-0.4, -0.2) is 30.1 Å². The van der Waals surface area contributed by atoms with Gasteiger partial charge in [0.25, 0.3) is 0 Å². The van der Waals surface area contributed by atoms with Gasteiger partial charge in [-0.1, -0.05) is 17.7 Å². The van der Waals surface area contributed by atoms with Gasteiger partial charge in [-0.05, 0) is 58.5 Å². The predicted molar refractivity (Wildman–Crippen MR) is 73.9 cm³/mol. The molecule has 0 saturated heterocycles. The monoisotopic (exact) mass is 249 g/mol. The SMILES string of the molecule is Cc1cc(C)c(C(C)(CC(=O)O)N(C)C)c(C)c1. The summed E-state index contributed by atoms with van der Waals surface area (Å²) in [6.45, 7) is 8.16. The van der Waals surface area contributed by atoms with Crippen LogP contribution in [0.3, 0.4) is 0 Å². The number of aliphatic carboxylic acids is 1. The number of hydrogen-bond acceptors (Lipinski definition) is 2. The van der Waals surface area contributed by atoms with E-state index in [4.69, 9.17) is 5.11 Å². The van der Waals surface area contributed by atoms with Crippen LogP contribution < -0.4 is 0 Å². The lowest BCUT2D eigenvalue weighted by atomic mass is 9.81. The molecule has 0 aliphatic rings. The van der Waals surface area contributed by atoms with E-state index >= 15 is 0 Å². The fourth-order valence-corrected chi connectivity index (χ4v) is 2.79. The molecule has 1 N–H and O–H groups in total. The van der Waals surface area contributed by atoms with Gasteiger partial charge in [-0.25, -0.2) is 0 Å². The Morgan fingerprint density at radius 1 is 1.22 bits per heavy atom. The third-order valence-corrected chi connectivity index (χ3v) is 3.70. The Balaban J connectivity index is 3.43. The van der Waals surface area contributed by atoms with Crippen molar-refractivity contribution >= 4 is 5.97 Å². The van der Waals surface area contributed by atoms with Crippen molar-refractivity contribution in [3.05, 3.63) is 34.4 Å². The van der Waals surface area contributed by atoms with Crippen molar-refractivity contribution in [3.63, 3.8) is 0 Å². The smallest absolute Gasteiger partial charge is 0.305 e. The van der Waals surface area contributed by atoms with Gasteiger partial charge in [-0.3, -0.25) is 9.69 Å². The predicted octanol–water partition coefficient (Wildman–Crippen LogP) is 2.86. The molecule has 3 heteroatoms. The van der Waals surface area contributed by atoms with Gasteiger partial charge in [0.1, 0.15) is 0 Å². The summed E-state index contributed by atoms with van der Waals surface area (Å²) in [5.41, 5.74) is 4.17. The Hall–Kier alpha value is -1.35. The average molecular weight is 249 g/mol. The van der Waals surface area contributed by atoms with Crippen molar-refractivity contribution in [2.24, 2.45) is 0 Å². The van der Waals surface area contributed by atoms with Crippen LogP contribution in [0.2, 0.25) is 0 Å². The maximum absolute atomic E-state index is 11.2. The zero-order chi connectivity index (χ0) is 14.1. The number of rotatable bonds is 4. The van der Waals surface area contributed by atoms with Crippen molar-refractivity contribution in [1.82, 2.24) is 4.90 Å². The number of benzene rings is 1. The number of hydrogen-bond donors (Lipinski definition) is 1. The summed E-state index contributed by atoms with van der Waals surface area (Å²) in [7, 11) is 3.86. The molecule has 3 nitrogen and oxygen atoms in total. The molecule has 0 amide bonds. The molecule has 1 atom stereocenters. The Morgan fingerprint density at radius 3 is 2.00 bits per heavy atom. The zero-order valence-electron chi connectivity index (χ0n) is 12.2. The summed E-state index contributed by atoms with van der Waals surface area (Å²) in [5, 5.41) is 9.17. The van der Waals surface area contributed by atoms with Crippen molar-refractivity contribution in [2.75, 3.05) is 14.1 Å². The highest BCUT2D eigenvalue weighted by Crippen LogP contribution is 2.35. The molecule has 0 aromatic heterocycles. The molecular weight excluding hydrogens is 226 g/mol. The standard InChI is InChI=1S/C15H23NO2/c1-10-7-11(2)14(12(3)8-10)15(4,16(5)6)9-13(17)18/h7-8H,9H2,1-6H3,(H,17,18). The van der Waals surface area contributed by atoms with Crippen molar-refractivity contribution in [1.29, 1.82) is 0 Å². The normalized spacial score (nSPS) is 14.6. The van der Waals surface area contributed by atoms with Crippen molar-refractivity contribution in [2.45, 2.75) is 39.7 Å². The summed E-state index contributed by atoms with van der Waals surface area (Å²) in [6, 6.07) is 4.23. The van der Waals surface area contributed by atoms with Gasteiger partial charge in [0, 0.05) is 0 Å². The molecule has 0 aliphatic heterocycles. The lowest BCUT2D eigenvalue weighted by Gasteiger charge is -2.38. The molecule has 1 rings (SSSR count). The minimum Gasteiger partial charge on any atom is -0.481 e. The first-order valence-electron chi connectivity index (χ1n) is 6.16. The number of aryl methyl sites for hydroxylation is 3. The summed E-state index contributed by atoms with van der Waals surface area (Å²) >= 11 is 0. The molecular formula is C15H23NO2. The highest BCUT2D eigenvalue weighted by atomic mass is 16.4. The molecule has 0 heterocycles. The highest BCUT2D eigenvalue weighted by molar-refractivity contribution is 5.69. The van der Waals surface area contributed by atoms with Gasteiger partial charge in [0.15, 0.2) is 0 Å². The Morgan fingerprint density at radius 2 is 1.67 bits per heavy atom. The molecule has 0 bridgehead atoms. The van der Waals surface area contributed by atoms with E-state index < -0.39 is 11.5 Å². The van der Waals surface area contributed by atoms with E-state index in [1.807, 2.05) is 25.9 Å². The molecule has 0 aliphatic carbocycles. The van der Waals surface area contributed by atoms with Crippen LogP contribution in [0, 0.1) is 20.8 Å². The summed E-state index contributed by atoms with van der Waals surface area (Å²) in [4.78, 5) is 13.1. The lowest BCUT2D eigenvalue weighted by molar-refractivity contribution is -0.140. The average Bonchev–Trinajstić information content (AvgIpc) is 2.13. The first-order valence-corrected chi connectivity index (χ1v) is 6.16. The highest BCUT2D eigenvalue weighted by Gasteiger charge is 2.34. The van der Waals surface area contributed by atoms with Gasteiger partial charge < -0.3 is 5.11 Å². The molecule has 1 aromatic rings. The third-order valence-electron chi connectivity index (χ3n) is 3.70. The summed E-state index contributed by atoms with van der Waals surface area (Å²) < 4.78 is 0. The molecule has 100 valence electrons. The quantitative estimate of drug-likeness (QED) is 0.892. The van der Waals surface area contributed by atoms with Gasteiger partial charge in [-0.2, -0.15) is 0 Å². The van der Waals surface area contributed by atoms with Crippen LogP contribution in [0.25, 0.3) is 0 Å². The maximum atomic E-state index is 11.2. The zero-order valence-corrected chi connectivity index (χ0v) is 12.2. The van der Waals surface area contributed by atoms with Crippen LogP contribution in [0.5, 0.6) is 0 Å². The molecule has 0 saturated carbocycles. The fraction of sp³-hybridized carbons (Fsp3) is 0.533. The van der Waals surface area contributed by atoms with E-state index in [1.54, 1.807) is 0 Å². The van der Waals surface area contributed by atoms with Gasteiger partial charge in [0.2, 0.25) is 0 Å². The number of carbonyl (C=O) groups is 1. The maximum Gasteiger partial charge on any atom is 0.305 e. The molecule has 18 heavy (non-hydrogen) atoms. The first-order chi connectivity index (χ1) is 8.18. The number of nitrogens with zero attached hydrogens (tertiary/aromatic N) is 1. The van der Waals surface area contributed by atoms with E-state index in [1.165, 1.54) is 5.56 Å². The minimum atomic E-state index is -0.773. The van der Waals surface area contributed by atoms with Crippen LogP contribution in [0.4, 0.5) is 0 Å². The van der Waals surface area contributed by atoms with Crippen LogP contribution in [-0.2, 0) is 10.3 Å². The lowest BCUT2D eigenvalue weighted by Crippen LogP contribution is -2.41. The van der Waals surface area contributed by atoms with Crippen molar-refractivity contribution < 1.29 is 9.90 Å². The summed E-state index contributed by atoms with van der Waals surface area (Å²) in [5.74, 6) is -0.773. The second kappa shape index (κ2) is 5.11. The topological polar surface area (TPSA) is 40.5 Å². The van der Waals surface area contributed by atoms with E-state index in [9.17, 15) is 4.79 Å². The van der Waals surface area contributed by atoms with E-state index in [2.05, 4.69) is 32.9 Å².